The minimum absolute atomic E-state index is 0.0150. The van der Waals surface area contributed by atoms with E-state index in [1.54, 1.807) is 128 Å². The van der Waals surface area contributed by atoms with Crippen LogP contribution in [-0.2, 0) is 0 Å². The predicted octanol–water partition coefficient (Wildman–Crippen LogP) is 24.6. The van der Waals surface area contributed by atoms with Crippen LogP contribution in [0.1, 0.15) is 111 Å². The van der Waals surface area contributed by atoms with Crippen LogP contribution in [0.3, 0.4) is 0 Å². The number of hydrogen-bond acceptors (Lipinski definition) is 26. The van der Waals surface area contributed by atoms with Crippen LogP contribution < -0.4 is 45.5 Å². The highest BCUT2D eigenvalue weighted by Gasteiger charge is 2.14. The number of Topliss-reactive ketones (excluding diaryl/α,β-unsaturated/α-hetero) is 1. The van der Waals surface area contributed by atoms with Gasteiger partial charge in [0.15, 0.2) is 5.78 Å². The Bertz CT molecular complexity index is 6170. The number of carbonyl (C=O) groups is 1. The lowest BCUT2D eigenvalue weighted by Crippen LogP contribution is -2.05. The molecule has 0 aromatic carbocycles. The summed E-state index contributed by atoms with van der Waals surface area (Å²) in [5.41, 5.74) is 54.8. The molecule has 19 heterocycles. The summed E-state index contributed by atoms with van der Waals surface area (Å²) in [5, 5.41) is 31.0. The maximum atomic E-state index is 11.4. The van der Waals surface area contributed by atoms with E-state index in [9.17, 15) is 14.4 Å². The van der Waals surface area contributed by atoms with Gasteiger partial charge in [-0.25, -0.2) is 34.9 Å². The molecule has 0 fully saturated rings. The SMILES string of the molecule is CC(=O)c1cc(C)cs1.Cc1c[nH]c(=O)c2c(C)csc12.Cc1cnc(Cl)c2c(C)csc12.Cc1cnc(N)c2c(C)csc12.Cc1cnc(N)c2c(C)csc12.Cc1cnc(N)c2c(C)csc12.Cc1cnc(N)c2c(C)csc12.Cc1cnc(N)c2c(C)csc12.Cc1csc2cc[nH]c(=O)c12.Cc1csc2ccnc(N)c12. The van der Waals surface area contributed by atoms with Crippen LogP contribution in [0.15, 0.2) is 137 Å². The number of aromatic amines is 2. The number of nitrogens with two attached hydrogens (primary N) is 6. The van der Waals surface area contributed by atoms with E-state index in [0.717, 1.165) is 79.4 Å². The number of aromatic nitrogens is 9. The van der Waals surface area contributed by atoms with Crippen LogP contribution in [0.25, 0.3) is 90.8 Å². The number of rotatable bonds is 1. The Hall–Kier alpha value is -9.95. The van der Waals surface area contributed by atoms with E-state index in [1.807, 2.05) is 99.2 Å². The molecule has 29 heteroatoms. The average molecular weight is 1740 g/mol. The standard InChI is InChI=1S/C9H8ClNS.5C9H10N2S.C9H9NOS.C8H8N2S.C8H7NOS.C7H8OS/c6*1-5-3-11-9(10)7-6(2)4-12-8(5)7;1-5-3-10-9(11)7-6(2)4-12-8(5)7;1-5-4-11-6-2-3-10-8(9)7(5)6;1-5-4-11-6-2-3-9-8(10)7(5)6;1-5-3-7(6(2)8)9-4-5/h3-4H,1-2H3;5*3-4H,1-2H3,(H2,10,11);3-4H,1-2H3,(H,10,11);2-4H,1H3,(H2,9,10);2-4H,1H3,(H,9,10);3-4H,1-2H3. The molecule has 18 nitrogen and oxygen atoms in total. The van der Waals surface area contributed by atoms with Gasteiger partial charge in [-0.1, -0.05) is 11.6 Å². The minimum atomic E-state index is 0.0150. The summed E-state index contributed by atoms with van der Waals surface area (Å²) in [6.45, 7) is 36.3. The van der Waals surface area contributed by atoms with Gasteiger partial charge in [0.2, 0.25) is 0 Å². The van der Waals surface area contributed by atoms with E-state index in [0.29, 0.717) is 40.1 Å². The van der Waals surface area contributed by atoms with Crippen molar-refractivity contribution in [2.24, 2.45) is 0 Å². The first-order chi connectivity index (χ1) is 54.7. The van der Waals surface area contributed by atoms with Crippen LogP contribution in [0, 0.1) is 118 Å². The van der Waals surface area contributed by atoms with Crippen LogP contribution in [0.5, 0.6) is 0 Å². The molecule has 19 rings (SSSR count). The van der Waals surface area contributed by atoms with Gasteiger partial charge in [0.05, 0.1) is 15.6 Å². The molecule has 19 aromatic rings. The first-order valence-electron chi connectivity index (χ1n) is 35.9. The van der Waals surface area contributed by atoms with Gasteiger partial charge in [-0.3, -0.25) is 14.4 Å². The summed E-state index contributed by atoms with van der Waals surface area (Å²) >= 11 is 22.8. The zero-order valence-electron chi connectivity index (χ0n) is 67.0. The second kappa shape index (κ2) is 38.7. The van der Waals surface area contributed by atoms with Crippen LogP contribution in [-0.4, -0.2) is 50.6 Å². The summed E-state index contributed by atoms with van der Waals surface area (Å²) in [4.78, 5) is 68.2. The molecule has 0 radical (unpaired) electrons. The van der Waals surface area contributed by atoms with Gasteiger partial charge < -0.3 is 44.4 Å². The van der Waals surface area contributed by atoms with E-state index in [2.05, 4.69) is 173 Å². The van der Waals surface area contributed by atoms with E-state index >= 15 is 0 Å². The van der Waals surface area contributed by atoms with E-state index in [1.165, 1.54) is 122 Å². The largest absolute Gasteiger partial charge is 0.383 e. The molecular weight excluding hydrogens is 1650 g/mol. The number of aryl methyl sites for hydroxylation is 17. The van der Waals surface area contributed by atoms with Gasteiger partial charge in [0.25, 0.3) is 11.1 Å². The number of halogens is 1. The van der Waals surface area contributed by atoms with Gasteiger partial charge in [0.1, 0.15) is 40.1 Å². The number of carbonyl (C=O) groups excluding carboxylic acids is 1. The molecule has 115 heavy (non-hydrogen) atoms. The number of anilines is 6. The minimum Gasteiger partial charge on any atom is -0.383 e. The number of thiophene rings is 10. The molecule has 0 amide bonds. The van der Waals surface area contributed by atoms with Gasteiger partial charge in [-0.2, -0.15) is 0 Å². The number of nitrogen functional groups attached to an aromatic ring is 6. The Labute approximate surface area is 711 Å². The monoisotopic (exact) mass is 1740 g/mol. The first-order valence-corrected chi connectivity index (χ1v) is 45.0. The Morgan fingerprint density at radius 2 is 0.600 bits per heavy atom. The smallest absolute Gasteiger partial charge is 0.256 e. The normalized spacial score (nSPS) is 10.7. The zero-order chi connectivity index (χ0) is 83.5. The lowest BCUT2D eigenvalue weighted by Gasteiger charge is -1.98. The highest BCUT2D eigenvalue weighted by molar-refractivity contribution is 7.20. The fraction of sp³-hybridized carbons (Fsp3) is 0.209. The molecule has 14 N–H and O–H groups in total. The van der Waals surface area contributed by atoms with Crippen molar-refractivity contribution >= 4 is 256 Å². The van der Waals surface area contributed by atoms with Crippen molar-refractivity contribution in [1.82, 2.24) is 44.9 Å². The quantitative estimate of drug-likeness (QED) is 0.0559. The molecule has 19 aromatic heterocycles. The number of fused-ring (bicyclic) bond motifs is 9. The second-order valence-electron chi connectivity index (χ2n) is 27.5. The lowest BCUT2D eigenvalue weighted by atomic mass is 10.2. The summed E-state index contributed by atoms with van der Waals surface area (Å²) in [6.07, 6.45) is 16.1. The molecule has 0 saturated heterocycles. The first kappa shape index (κ1) is 87.4. The van der Waals surface area contributed by atoms with Crippen molar-refractivity contribution < 1.29 is 4.79 Å². The van der Waals surface area contributed by atoms with Gasteiger partial charge in [0, 0.05) is 136 Å². The number of ketones is 1. The van der Waals surface area contributed by atoms with Crippen molar-refractivity contribution in [3.05, 3.63) is 253 Å². The second-order valence-corrected chi connectivity index (χ2v) is 36.8. The van der Waals surface area contributed by atoms with Crippen molar-refractivity contribution in [3.63, 3.8) is 0 Å². The summed E-state index contributed by atoms with van der Waals surface area (Å²) in [6, 6.07) is 5.82. The molecule has 0 atom stereocenters. The molecule has 0 bridgehead atoms. The van der Waals surface area contributed by atoms with Crippen molar-refractivity contribution in [1.29, 1.82) is 0 Å². The Morgan fingerprint density at radius 1 is 0.313 bits per heavy atom. The van der Waals surface area contributed by atoms with E-state index < -0.39 is 0 Å². The van der Waals surface area contributed by atoms with Crippen molar-refractivity contribution in [3.8, 4) is 0 Å². The summed E-state index contributed by atoms with van der Waals surface area (Å²) < 4.78 is 11.0. The van der Waals surface area contributed by atoms with E-state index in [-0.39, 0.29) is 16.9 Å². The summed E-state index contributed by atoms with van der Waals surface area (Å²) in [5.74, 6) is 4.04. The third-order valence-corrected chi connectivity index (χ3v) is 30.5. The third-order valence-electron chi connectivity index (χ3n) is 18.3. The molecule has 0 unspecified atom stereocenters. The highest BCUT2D eigenvalue weighted by atomic mass is 35.5. The summed E-state index contributed by atoms with van der Waals surface area (Å²) in [7, 11) is 0. The fourth-order valence-corrected chi connectivity index (χ4v) is 22.5. The molecule has 0 aliphatic carbocycles. The maximum absolute atomic E-state index is 11.4. The molecule has 594 valence electrons. The Balaban J connectivity index is 0.000000135. The molecular formula is C86H90ClN15O3S10. The molecule has 0 spiro atoms. The molecule has 0 aliphatic rings. The van der Waals surface area contributed by atoms with Crippen molar-refractivity contribution in [2.45, 2.75) is 125 Å². The van der Waals surface area contributed by atoms with Crippen molar-refractivity contribution in [2.75, 3.05) is 34.4 Å². The molecule has 0 aliphatic heterocycles. The van der Waals surface area contributed by atoms with Gasteiger partial charge in [-0.15, -0.1) is 113 Å². The zero-order valence-corrected chi connectivity index (χ0v) is 75.9. The number of pyridine rings is 9. The topological polar surface area (TPSA) is 329 Å². The highest BCUT2D eigenvalue weighted by Crippen LogP contribution is 2.38. The number of H-pyrrole nitrogens is 2. The van der Waals surface area contributed by atoms with Crippen LogP contribution in [0.4, 0.5) is 34.9 Å². The number of nitrogens with zero attached hydrogens (tertiary/aromatic N) is 7. The maximum Gasteiger partial charge on any atom is 0.256 e. The predicted molar refractivity (Wildman–Crippen MR) is 509 cm³/mol. The number of hydrogen-bond donors (Lipinski definition) is 8. The van der Waals surface area contributed by atoms with Crippen LogP contribution >= 0.6 is 125 Å². The van der Waals surface area contributed by atoms with Gasteiger partial charge >= 0.3 is 0 Å². The Kier molecular flexibility index (Phi) is 29.4. The lowest BCUT2D eigenvalue weighted by molar-refractivity contribution is 0.102. The van der Waals surface area contributed by atoms with E-state index in [4.69, 9.17) is 46.0 Å². The average Bonchev–Trinajstić information content (AvgIpc) is 1.69. The third kappa shape index (κ3) is 20.3. The fourth-order valence-electron chi connectivity index (χ4n) is 12.2. The Morgan fingerprint density at radius 3 is 0.904 bits per heavy atom. The molecule has 0 saturated carbocycles. The number of nitrogens with one attached hydrogen (secondary N) is 2. The van der Waals surface area contributed by atoms with Crippen LogP contribution in [0.2, 0.25) is 5.15 Å². The van der Waals surface area contributed by atoms with Gasteiger partial charge in [-0.05, 0) is 291 Å².